The Labute approximate surface area is 385 Å². The van der Waals surface area contributed by atoms with Gasteiger partial charge in [-0.05, 0) is 79.0 Å². The molecule has 65 heavy (non-hydrogen) atoms. The Bertz CT molecular complexity index is 2780. The van der Waals surface area contributed by atoms with Crippen molar-refractivity contribution in [2.45, 2.75) is 92.1 Å². The van der Waals surface area contributed by atoms with E-state index in [9.17, 15) is 24.3 Å². The van der Waals surface area contributed by atoms with Gasteiger partial charge in [-0.1, -0.05) is 81.4 Å². The maximum atomic E-state index is 14.2. The van der Waals surface area contributed by atoms with E-state index in [1.54, 1.807) is 33.9 Å². The Hall–Kier alpha value is -6.36. The Kier molecular flexibility index (Phi) is 13.0. The molecule has 0 aliphatic carbocycles. The van der Waals surface area contributed by atoms with Crippen LogP contribution in [0, 0.1) is 26.2 Å². The minimum atomic E-state index is -0.881. The number of rotatable bonds is 12. The summed E-state index contributed by atoms with van der Waals surface area (Å²) in [5.41, 5.74) is 9.48. The van der Waals surface area contributed by atoms with Crippen LogP contribution >= 0.6 is 22.7 Å². The molecule has 3 aromatic carbocycles. The molecule has 3 aromatic heterocycles. The van der Waals surface area contributed by atoms with Crippen LogP contribution in [0.4, 0.5) is 0 Å². The summed E-state index contributed by atoms with van der Waals surface area (Å²) in [6.07, 6.45) is 1.22. The topological polar surface area (TPSA) is 181 Å². The van der Waals surface area contributed by atoms with E-state index in [0.29, 0.717) is 48.8 Å². The summed E-state index contributed by atoms with van der Waals surface area (Å²) < 4.78 is 7.03. The van der Waals surface area contributed by atoms with Crippen molar-refractivity contribution in [1.29, 1.82) is 0 Å². The first kappa shape index (κ1) is 45.2. The number of thiazole rings is 1. The number of nitrogens with one attached hydrogen (secondary N) is 2. The summed E-state index contributed by atoms with van der Waals surface area (Å²) in [5, 5.41) is 25.4. The van der Waals surface area contributed by atoms with Gasteiger partial charge in [0.2, 0.25) is 11.8 Å². The molecule has 3 N–H and O–H groups in total. The average Bonchev–Trinajstić information content (AvgIpc) is 4.11. The third kappa shape index (κ3) is 9.15. The Morgan fingerprint density at radius 1 is 0.908 bits per heavy atom. The lowest BCUT2D eigenvalue weighted by molar-refractivity contribution is -0.142. The molecule has 336 valence electrons. The number of nitrogens with zero attached hydrogens (tertiary/aromatic N) is 6. The number of methoxy groups -OCH3 is 1. The number of thiophene rings is 1. The summed E-state index contributed by atoms with van der Waals surface area (Å²) in [4.78, 5) is 67.2. The molecule has 14 nitrogen and oxygen atoms in total. The second kappa shape index (κ2) is 18.6. The molecule has 0 saturated carbocycles. The molecule has 3 amide bonds. The van der Waals surface area contributed by atoms with Gasteiger partial charge in [0.05, 0.1) is 41.9 Å². The number of likely N-dealkylation sites (tertiary alicyclic amines) is 1. The zero-order valence-corrected chi connectivity index (χ0v) is 39.1. The number of esters is 1. The van der Waals surface area contributed by atoms with Crippen molar-refractivity contribution in [2.75, 3.05) is 13.7 Å². The van der Waals surface area contributed by atoms with Crippen LogP contribution in [0.15, 0.2) is 83.3 Å². The molecule has 16 heteroatoms. The van der Waals surface area contributed by atoms with Crippen molar-refractivity contribution >= 4 is 52.1 Å². The fraction of sp³-hybridized carbons (Fsp3) is 0.347. The molecule has 0 bridgehead atoms. The highest BCUT2D eigenvalue weighted by Crippen LogP contribution is 2.40. The van der Waals surface area contributed by atoms with Crippen LogP contribution in [-0.2, 0) is 32.3 Å². The quantitative estimate of drug-likeness (QED) is 0.105. The SMILES string of the molecule is COC(=O)CC1N=C(c2ccc(-c3ccc(C(=O)NC(C(=O)N4CCCC4C(=O)NCc4ccc(-c5scnc5CO)cc4)C(C)(C)C)cc3)cc2)c2c(sc(C)c2C)-n2c(C)nnc21. The monoisotopic (exact) mass is 912 g/mol. The number of aliphatic hydroxyl groups is 1. The largest absolute Gasteiger partial charge is 0.469 e. The molecule has 5 heterocycles. The number of aryl methyl sites for hydroxylation is 2. The molecule has 8 rings (SSSR count). The number of aromatic nitrogens is 4. The number of fused-ring (bicyclic) bond motifs is 3. The molecule has 0 spiro atoms. The van der Waals surface area contributed by atoms with E-state index in [4.69, 9.17) is 9.73 Å². The van der Waals surface area contributed by atoms with Crippen LogP contribution in [0.5, 0.6) is 0 Å². The van der Waals surface area contributed by atoms with Crippen LogP contribution in [0.3, 0.4) is 0 Å². The van der Waals surface area contributed by atoms with Gasteiger partial charge in [0.15, 0.2) is 5.82 Å². The predicted octanol–water partition coefficient (Wildman–Crippen LogP) is 7.44. The smallest absolute Gasteiger partial charge is 0.308 e. The summed E-state index contributed by atoms with van der Waals surface area (Å²) in [7, 11) is 1.36. The molecule has 1 saturated heterocycles. The van der Waals surface area contributed by atoms with Crippen molar-refractivity contribution in [3.8, 4) is 26.6 Å². The molecule has 2 aliphatic rings. The first-order chi connectivity index (χ1) is 31.2. The van der Waals surface area contributed by atoms with Crippen LogP contribution < -0.4 is 10.6 Å². The fourth-order valence-electron chi connectivity index (χ4n) is 8.43. The van der Waals surface area contributed by atoms with Gasteiger partial charge in [-0.25, -0.2) is 4.98 Å². The van der Waals surface area contributed by atoms with E-state index in [1.165, 1.54) is 18.4 Å². The number of aliphatic imine (C=N–C) groups is 1. The first-order valence-corrected chi connectivity index (χ1v) is 23.3. The van der Waals surface area contributed by atoms with Gasteiger partial charge in [-0.15, -0.1) is 32.9 Å². The van der Waals surface area contributed by atoms with Crippen LogP contribution in [0.1, 0.15) is 101 Å². The van der Waals surface area contributed by atoms with Crippen LogP contribution in [0.25, 0.3) is 26.6 Å². The van der Waals surface area contributed by atoms with Gasteiger partial charge in [-0.2, -0.15) is 0 Å². The zero-order valence-electron chi connectivity index (χ0n) is 37.5. The molecule has 2 aliphatic heterocycles. The van der Waals surface area contributed by atoms with Crippen molar-refractivity contribution in [1.82, 2.24) is 35.3 Å². The van der Waals surface area contributed by atoms with E-state index in [0.717, 1.165) is 59.4 Å². The lowest BCUT2D eigenvalue weighted by Gasteiger charge is -2.35. The molecular weight excluding hydrogens is 861 g/mol. The first-order valence-electron chi connectivity index (χ1n) is 21.6. The Morgan fingerprint density at radius 2 is 1.57 bits per heavy atom. The summed E-state index contributed by atoms with van der Waals surface area (Å²) in [6, 6.07) is 20.9. The Morgan fingerprint density at radius 3 is 2.23 bits per heavy atom. The molecule has 3 atom stereocenters. The van der Waals surface area contributed by atoms with E-state index < -0.39 is 23.5 Å². The van der Waals surface area contributed by atoms with Gasteiger partial charge < -0.3 is 25.4 Å². The molecule has 3 unspecified atom stereocenters. The van der Waals surface area contributed by atoms with Crippen LogP contribution in [-0.4, -0.2) is 84.9 Å². The van der Waals surface area contributed by atoms with E-state index in [1.807, 2.05) is 92.9 Å². The van der Waals surface area contributed by atoms with E-state index in [-0.39, 0.29) is 36.7 Å². The van der Waals surface area contributed by atoms with Gasteiger partial charge >= 0.3 is 5.97 Å². The number of amides is 3. The second-order valence-electron chi connectivity index (χ2n) is 17.5. The standard InChI is InChI=1S/C49H52N8O6S2/c1-27-28(2)65-48-40(27)41(52-36(23-39(59)63-7)44-55-54-29(3)57(44)48)33-18-14-31(15-19-33)32-16-20-35(21-17-32)45(60)53-43(49(4,5)6)47(62)56-22-8-9-38(56)46(61)50-24-30-10-12-34(13-11-30)42-37(25-58)51-26-64-42/h10-21,26,36,38,43,58H,8-9,22-25H2,1-7H3,(H,50,61)(H,53,60). The Balaban J connectivity index is 0.944. The van der Waals surface area contributed by atoms with Crippen molar-refractivity contribution in [3.05, 3.63) is 128 Å². The average molecular weight is 913 g/mol. The molecular formula is C49H52N8O6S2. The van der Waals surface area contributed by atoms with Crippen molar-refractivity contribution in [2.24, 2.45) is 10.4 Å². The summed E-state index contributed by atoms with van der Waals surface area (Å²) in [5.74, 6) is 0.000945. The number of carbonyl (C=O) groups excluding carboxylic acids is 4. The second-order valence-corrected chi connectivity index (χ2v) is 19.6. The number of hydrogen-bond donors (Lipinski definition) is 3. The normalized spacial score (nSPS) is 16.2. The minimum Gasteiger partial charge on any atom is -0.469 e. The van der Waals surface area contributed by atoms with Gasteiger partial charge in [0, 0.05) is 34.7 Å². The maximum Gasteiger partial charge on any atom is 0.308 e. The third-order valence-electron chi connectivity index (χ3n) is 12.2. The number of benzene rings is 3. The number of ether oxygens (including phenoxy) is 1. The maximum absolute atomic E-state index is 14.2. The molecule has 6 aromatic rings. The van der Waals surface area contributed by atoms with E-state index in [2.05, 4.69) is 39.7 Å². The number of aliphatic hydroxyl groups excluding tert-OH is 1. The number of hydrogen-bond acceptors (Lipinski definition) is 12. The fourth-order valence-corrected chi connectivity index (χ4v) is 10.5. The zero-order chi connectivity index (χ0) is 46.2. The van der Waals surface area contributed by atoms with Crippen molar-refractivity contribution in [3.63, 3.8) is 0 Å². The lowest BCUT2D eigenvalue weighted by Crippen LogP contribution is -2.57. The van der Waals surface area contributed by atoms with Crippen molar-refractivity contribution < 1.29 is 29.0 Å². The minimum absolute atomic E-state index is 0.0184. The predicted molar refractivity (Wildman–Crippen MR) is 251 cm³/mol. The lowest BCUT2D eigenvalue weighted by atomic mass is 9.85. The summed E-state index contributed by atoms with van der Waals surface area (Å²) >= 11 is 3.11. The highest BCUT2D eigenvalue weighted by atomic mass is 32.1. The highest BCUT2D eigenvalue weighted by Gasteiger charge is 2.42. The third-order valence-corrected chi connectivity index (χ3v) is 14.3. The summed E-state index contributed by atoms with van der Waals surface area (Å²) in [6.45, 7) is 12.4. The van der Waals surface area contributed by atoms with Gasteiger partial charge in [0.25, 0.3) is 5.91 Å². The van der Waals surface area contributed by atoms with E-state index >= 15 is 0 Å². The van der Waals surface area contributed by atoms with Crippen LogP contribution in [0.2, 0.25) is 0 Å². The van der Waals surface area contributed by atoms with Gasteiger partial charge in [0.1, 0.15) is 29.0 Å². The number of carbonyl (C=O) groups is 4. The van der Waals surface area contributed by atoms with Gasteiger partial charge in [-0.3, -0.25) is 28.7 Å². The highest BCUT2D eigenvalue weighted by molar-refractivity contribution is 7.15. The molecule has 1 fully saturated rings. The molecule has 0 radical (unpaired) electrons.